The summed E-state index contributed by atoms with van der Waals surface area (Å²) in [7, 11) is 0. The molecule has 0 saturated carbocycles. The van der Waals surface area contributed by atoms with Crippen LogP contribution >= 0.6 is 12.2 Å². The van der Waals surface area contributed by atoms with Crippen LogP contribution < -0.4 is 0 Å². The zero-order valence-electron chi connectivity index (χ0n) is 9.77. The fraction of sp³-hybridized carbons (Fsp3) is 0.0714. The van der Waals surface area contributed by atoms with Gasteiger partial charge < -0.3 is 4.98 Å². The van der Waals surface area contributed by atoms with Crippen LogP contribution in [0.25, 0.3) is 16.7 Å². The molecule has 18 heavy (non-hydrogen) atoms. The summed E-state index contributed by atoms with van der Waals surface area (Å²) in [6.07, 6.45) is 0. The normalized spacial score (nSPS) is 11.0. The minimum atomic E-state index is -0.267. The molecule has 4 heteroatoms. The lowest BCUT2D eigenvalue weighted by molar-refractivity contribution is 0.626. The zero-order chi connectivity index (χ0) is 12.7. The monoisotopic (exact) mass is 258 g/mol. The lowest BCUT2D eigenvalue weighted by Gasteiger charge is -2.04. The Balaban J connectivity index is 2.39. The molecule has 2 nitrogen and oxygen atoms in total. The Hall–Kier alpha value is -1.94. The second-order valence-corrected chi connectivity index (χ2v) is 4.60. The lowest BCUT2D eigenvalue weighted by atomic mass is 10.2. The van der Waals surface area contributed by atoms with Crippen LogP contribution in [0.5, 0.6) is 0 Å². The minimum Gasteiger partial charge on any atom is -0.330 e. The fourth-order valence-corrected chi connectivity index (χ4v) is 2.45. The van der Waals surface area contributed by atoms with E-state index in [1.54, 1.807) is 6.07 Å². The summed E-state index contributed by atoms with van der Waals surface area (Å²) in [6, 6.07) is 12.4. The topological polar surface area (TPSA) is 20.7 Å². The molecule has 0 saturated heterocycles. The van der Waals surface area contributed by atoms with E-state index in [4.69, 9.17) is 12.2 Å². The van der Waals surface area contributed by atoms with Crippen molar-refractivity contribution in [1.29, 1.82) is 0 Å². The quantitative estimate of drug-likeness (QED) is 0.651. The van der Waals surface area contributed by atoms with Crippen molar-refractivity contribution in [3.05, 3.63) is 58.6 Å². The molecule has 90 valence electrons. The highest BCUT2D eigenvalue weighted by Gasteiger charge is 2.08. The smallest absolute Gasteiger partial charge is 0.182 e. The number of benzene rings is 2. The highest BCUT2D eigenvalue weighted by atomic mass is 32.1. The van der Waals surface area contributed by atoms with Crippen LogP contribution in [-0.2, 0) is 0 Å². The molecule has 0 amide bonds. The third-order valence-electron chi connectivity index (χ3n) is 2.99. The Labute approximate surface area is 109 Å². The van der Waals surface area contributed by atoms with Gasteiger partial charge in [0.1, 0.15) is 5.82 Å². The third kappa shape index (κ3) is 1.66. The number of nitrogens with zero attached hydrogens (tertiary/aromatic N) is 1. The largest absolute Gasteiger partial charge is 0.330 e. The van der Waals surface area contributed by atoms with Gasteiger partial charge in [0.25, 0.3) is 0 Å². The third-order valence-corrected chi connectivity index (χ3v) is 3.28. The van der Waals surface area contributed by atoms with Crippen LogP contribution in [0, 0.1) is 17.5 Å². The van der Waals surface area contributed by atoms with Crippen molar-refractivity contribution in [3.8, 4) is 5.69 Å². The van der Waals surface area contributed by atoms with Gasteiger partial charge in [-0.25, -0.2) is 4.39 Å². The number of fused-ring (bicyclic) bond motifs is 1. The molecule has 0 aliphatic rings. The van der Waals surface area contributed by atoms with Gasteiger partial charge in [-0.15, -0.1) is 0 Å². The predicted molar refractivity (Wildman–Crippen MR) is 73.2 cm³/mol. The molecule has 0 unspecified atom stereocenters. The number of aromatic nitrogens is 2. The molecule has 3 rings (SSSR count). The van der Waals surface area contributed by atoms with Crippen LogP contribution in [0.2, 0.25) is 0 Å². The highest BCUT2D eigenvalue weighted by molar-refractivity contribution is 7.71. The first kappa shape index (κ1) is 11.2. The summed E-state index contributed by atoms with van der Waals surface area (Å²) < 4.78 is 15.7. The van der Waals surface area contributed by atoms with Crippen LogP contribution in [0.3, 0.4) is 0 Å². The number of imidazole rings is 1. The molecule has 1 N–H and O–H groups in total. The summed E-state index contributed by atoms with van der Waals surface area (Å²) in [5.41, 5.74) is 3.81. The molecule has 0 spiro atoms. The zero-order valence-corrected chi connectivity index (χ0v) is 10.6. The summed E-state index contributed by atoms with van der Waals surface area (Å²) in [5.74, 6) is -0.267. The first-order valence-corrected chi connectivity index (χ1v) is 6.04. The molecular weight excluding hydrogens is 247 g/mol. The number of hydrogen-bond acceptors (Lipinski definition) is 1. The second-order valence-electron chi connectivity index (χ2n) is 4.21. The van der Waals surface area contributed by atoms with Gasteiger partial charge in [0, 0.05) is 0 Å². The number of aromatic amines is 1. The molecule has 0 fully saturated rings. The molecule has 1 heterocycles. The number of nitrogens with one attached hydrogen (secondary N) is 1. The van der Waals surface area contributed by atoms with Gasteiger partial charge >= 0.3 is 0 Å². The first-order chi connectivity index (χ1) is 8.66. The minimum absolute atomic E-state index is 0.267. The van der Waals surface area contributed by atoms with Gasteiger partial charge in [-0.1, -0.05) is 18.2 Å². The molecule has 0 atom stereocenters. The Bertz CT molecular complexity index is 786. The number of hydrogen-bond donors (Lipinski definition) is 1. The maximum atomic E-state index is 13.3. The molecule has 1 aromatic heterocycles. The molecular formula is C14H11FN2S. The van der Waals surface area contributed by atoms with Gasteiger partial charge in [-0.05, 0) is 49.0 Å². The Morgan fingerprint density at radius 1 is 1.17 bits per heavy atom. The standard InChI is InChI=1S/C14H11FN2S/c1-9-4-2-7-12-13(9)16-14(18)17(12)11-6-3-5-10(15)8-11/h2-8H,1H3,(H,16,18). The average molecular weight is 258 g/mol. The van der Waals surface area contributed by atoms with Crippen molar-refractivity contribution in [2.75, 3.05) is 0 Å². The first-order valence-electron chi connectivity index (χ1n) is 5.63. The van der Waals surface area contributed by atoms with Crippen molar-refractivity contribution in [3.63, 3.8) is 0 Å². The van der Waals surface area contributed by atoms with Crippen molar-refractivity contribution in [1.82, 2.24) is 9.55 Å². The Kier molecular flexibility index (Phi) is 2.52. The SMILES string of the molecule is Cc1cccc2c1[nH]c(=S)n2-c1cccc(F)c1. The number of halogens is 1. The predicted octanol–water partition coefficient (Wildman–Crippen LogP) is 4.14. The average Bonchev–Trinajstić information content (AvgIpc) is 2.67. The van der Waals surface area contributed by atoms with Crippen LogP contribution in [0.4, 0.5) is 4.39 Å². The van der Waals surface area contributed by atoms with Gasteiger partial charge in [0.2, 0.25) is 0 Å². The maximum Gasteiger partial charge on any atom is 0.182 e. The van der Waals surface area contributed by atoms with Crippen molar-refractivity contribution >= 4 is 23.3 Å². The molecule has 0 aliphatic carbocycles. The summed E-state index contributed by atoms with van der Waals surface area (Å²) in [5, 5.41) is 0. The fourth-order valence-electron chi connectivity index (χ4n) is 2.15. The van der Waals surface area contributed by atoms with Crippen LogP contribution in [0.1, 0.15) is 5.56 Å². The van der Waals surface area contributed by atoms with Crippen LogP contribution in [-0.4, -0.2) is 9.55 Å². The number of aryl methyl sites for hydroxylation is 1. The van der Waals surface area contributed by atoms with E-state index in [0.29, 0.717) is 4.77 Å². The van der Waals surface area contributed by atoms with Gasteiger partial charge in [0.15, 0.2) is 4.77 Å². The van der Waals surface area contributed by atoms with E-state index < -0.39 is 0 Å². The van der Waals surface area contributed by atoms with E-state index in [1.807, 2.05) is 35.8 Å². The maximum absolute atomic E-state index is 13.3. The van der Waals surface area contributed by atoms with E-state index in [2.05, 4.69) is 4.98 Å². The van der Waals surface area contributed by atoms with Crippen molar-refractivity contribution in [2.24, 2.45) is 0 Å². The van der Waals surface area contributed by atoms with Gasteiger partial charge in [-0.3, -0.25) is 4.57 Å². The Morgan fingerprint density at radius 2 is 1.94 bits per heavy atom. The Morgan fingerprint density at radius 3 is 2.72 bits per heavy atom. The van der Waals surface area contributed by atoms with E-state index in [1.165, 1.54) is 12.1 Å². The highest BCUT2D eigenvalue weighted by Crippen LogP contribution is 2.22. The summed E-state index contributed by atoms with van der Waals surface area (Å²) >= 11 is 5.32. The second kappa shape index (κ2) is 4.07. The molecule has 2 aromatic carbocycles. The molecule has 0 radical (unpaired) electrons. The van der Waals surface area contributed by atoms with E-state index in [0.717, 1.165) is 22.3 Å². The number of rotatable bonds is 1. The summed E-state index contributed by atoms with van der Waals surface area (Å²) in [4.78, 5) is 3.17. The van der Waals surface area contributed by atoms with Crippen molar-refractivity contribution in [2.45, 2.75) is 6.92 Å². The number of para-hydroxylation sites is 1. The van der Waals surface area contributed by atoms with Gasteiger partial charge in [-0.2, -0.15) is 0 Å². The van der Waals surface area contributed by atoms with E-state index in [9.17, 15) is 4.39 Å². The lowest BCUT2D eigenvalue weighted by Crippen LogP contribution is -1.94. The van der Waals surface area contributed by atoms with Crippen LogP contribution in [0.15, 0.2) is 42.5 Å². The van der Waals surface area contributed by atoms with Gasteiger partial charge in [0.05, 0.1) is 16.7 Å². The van der Waals surface area contributed by atoms with E-state index in [-0.39, 0.29) is 5.82 Å². The molecule has 0 bridgehead atoms. The van der Waals surface area contributed by atoms with Crippen molar-refractivity contribution < 1.29 is 4.39 Å². The summed E-state index contributed by atoms with van der Waals surface area (Å²) in [6.45, 7) is 2.02. The van der Waals surface area contributed by atoms with E-state index >= 15 is 0 Å². The molecule has 3 aromatic rings. The number of H-pyrrole nitrogens is 1. The molecule has 0 aliphatic heterocycles.